The Morgan fingerprint density at radius 1 is 0.810 bits per heavy atom. The van der Waals surface area contributed by atoms with Crippen molar-refractivity contribution in [1.82, 2.24) is 19.6 Å². The van der Waals surface area contributed by atoms with Gasteiger partial charge in [-0.25, -0.2) is 0 Å². The molecule has 5 nitrogen and oxygen atoms in total. The van der Waals surface area contributed by atoms with Crippen LogP contribution in [-0.4, -0.2) is 60.0 Å². The van der Waals surface area contributed by atoms with Crippen LogP contribution in [0.3, 0.4) is 0 Å². The van der Waals surface area contributed by atoms with E-state index in [0.29, 0.717) is 0 Å². The summed E-state index contributed by atoms with van der Waals surface area (Å²) in [6, 6.07) is 0. The second-order valence-corrected chi connectivity index (χ2v) is 4.25. The van der Waals surface area contributed by atoms with Gasteiger partial charge in [0.25, 0.3) is 0 Å². The second-order valence-electron chi connectivity index (χ2n) is 4.25. The van der Waals surface area contributed by atoms with Gasteiger partial charge in [0.2, 0.25) is 0 Å². The van der Waals surface area contributed by atoms with E-state index < -0.39 is 0 Å². The van der Waals surface area contributed by atoms with E-state index in [-0.39, 0.29) is 0 Å². The van der Waals surface area contributed by atoms with Crippen LogP contribution in [0.15, 0.2) is 24.8 Å². The molecule has 0 aromatic rings. The van der Waals surface area contributed by atoms with Crippen molar-refractivity contribution >= 4 is 26.0 Å². The fraction of sp³-hybridized carbons (Fsp3) is 0.500. The first kappa shape index (κ1) is 22.1. The fourth-order valence-corrected chi connectivity index (χ4v) is 1.71. The molecule has 0 unspecified atom stereocenters. The Morgan fingerprint density at radius 2 is 1.19 bits per heavy atom. The normalized spacial score (nSPS) is 16.0. The van der Waals surface area contributed by atoms with E-state index in [9.17, 15) is 0 Å². The second kappa shape index (κ2) is 14.7. The first-order chi connectivity index (χ1) is 10.2. The molecule has 2 aliphatic rings. The summed E-state index contributed by atoms with van der Waals surface area (Å²) < 4.78 is 5.60. The Balaban J connectivity index is 0.000000921. The van der Waals surface area contributed by atoms with Crippen LogP contribution < -0.4 is 0 Å². The molecule has 0 radical (unpaired) electrons. The van der Waals surface area contributed by atoms with Gasteiger partial charge >= 0.3 is 63.9 Å². The molecule has 9 heteroatoms. The fourth-order valence-electron chi connectivity index (χ4n) is 1.71. The number of hydrogen-bond donors (Lipinski definition) is 0. The van der Waals surface area contributed by atoms with Crippen LogP contribution in [0.2, 0.25) is 0 Å². The zero-order chi connectivity index (χ0) is 16.1. The first-order valence-corrected chi connectivity index (χ1v) is 12.8. The number of nitrogens with zero attached hydrogens (tertiary/aromatic N) is 4. The molecular weight excluding hydrogens is 592 g/mol. The summed E-state index contributed by atoms with van der Waals surface area (Å²) in [5.74, 6) is 0. The molecule has 2 aliphatic heterocycles. The van der Waals surface area contributed by atoms with E-state index in [1.807, 2.05) is 36.3 Å². The van der Waals surface area contributed by atoms with Gasteiger partial charge in [0.1, 0.15) is 0 Å². The Morgan fingerprint density at radius 3 is 1.48 bits per heavy atom. The molecule has 0 saturated carbocycles. The van der Waals surface area contributed by atoms with E-state index in [1.54, 1.807) is 0 Å². The molecule has 2 rings (SSSR count). The van der Waals surface area contributed by atoms with Crippen molar-refractivity contribution in [2.45, 2.75) is 0 Å². The number of hydrogen-bond acceptors (Lipinski definition) is 5. The van der Waals surface area contributed by atoms with Crippen molar-refractivity contribution < 1.29 is 42.6 Å². The van der Waals surface area contributed by atoms with Gasteiger partial charge in [-0.1, -0.05) is 0 Å². The van der Waals surface area contributed by atoms with E-state index in [0.717, 1.165) is 26.3 Å². The van der Waals surface area contributed by atoms with Crippen molar-refractivity contribution in [2.24, 2.45) is 0 Å². The van der Waals surface area contributed by atoms with Gasteiger partial charge in [-0.05, 0) is 38.9 Å². The van der Waals surface area contributed by atoms with E-state index >= 15 is 0 Å². The molecule has 2 heterocycles. The Hall–Kier alpha value is 1.08. The number of rotatable bonds is 6. The van der Waals surface area contributed by atoms with Gasteiger partial charge in [-0.2, -0.15) is 13.3 Å². The Labute approximate surface area is 165 Å². The number of ether oxygens (including phenoxy) is 1. The first-order valence-electron chi connectivity index (χ1n) is 6.06. The summed E-state index contributed by atoms with van der Waals surface area (Å²) in [4.78, 5) is 8.30. The summed E-state index contributed by atoms with van der Waals surface area (Å²) in [7, 11) is 4.03. The maximum absolute atomic E-state index is 5.60. The molecule has 0 aliphatic carbocycles. The van der Waals surface area contributed by atoms with Crippen LogP contribution in [-0.2, 0) is 42.6 Å². The van der Waals surface area contributed by atoms with Crippen molar-refractivity contribution in [3.05, 3.63) is 38.1 Å². The molecule has 0 atom stereocenters. The third kappa shape index (κ3) is 10.5. The molecule has 21 heavy (non-hydrogen) atoms. The summed E-state index contributed by atoms with van der Waals surface area (Å²) in [6.45, 7) is 7.41. The average molecular weight is 612 g/mol. The molecular formula is C12H20Ag2Br2N4O-2. The van der Waals surface area contributed by atoms with E-state index in [4.69, 9.17) is 4.74 Å². The van der Waals surface area contributed by atoms with Gasteiger partial charge in [-0.15, -0.1) is 0 Å². The van der Waals surface area contributed by atoms with Crippen LogP contribution in [0.1, 0.15) is 0 Å². The predicted molar refractivity (Wildman–Crippen MR) is 84.5 cm³/mol. The molecule has 0 amide bonds. The zero-order valence-corrected chi connectivity index (χ0v) is 18.0. The van der Waals surface area contributed by atoms with Crippen LogP contribution in [0.4, 0.5) is 0 Å². The zero-order valence-electron chi connectivity index (χ0n) is 11.8. The van der Waals surface area contributed by atoms with E-state index in [1.165, 1.54) is 0 Å². The molecule has 0 saturated heterocycles. The van der Waals surface area contributed by atoms with E-state index in [2.05, 4.69) is 99.5 Å². The summed E-state index contributed by atoms with van der Waals surface area (Å²) >= 11 is 11.0. The van der Waals surface area contributed by atoms with Gasteiger partial charge in [0, 0.05) is 13.1 Å². The topological polar surface area (TPSA) is 22.2 Å². The van der Waals surface area contributed by atoms with Crippen LogP contribution in [0.5, 0.6) is 0 Å². The van der Waals surface area contributed by atoms with Gasteiger partial charge in [0.15, 0.2) is 0 Å². The molecule has 0 N–H and O–H groups in total. The van der Waals surface area contributed by atoms with Gasteiger partial charge in [-0.3, -0.25) is 0 Å². The van der Waals surface area contributed by atoms with Crippen molar-refractivity contribution in [3.8, 4) is 0 Å². The van der Waals surface area contributed by atoms with Gasteiger partial charge in [0.05, 0.1) is 13.2 Å². The van der Waals surface area contributed by atoms with Gasteiger partial charge < -0.3 is 24.3 Å². The Bertz CT molecular complexity index is 283. The minimum absolute atomic E-state index is 0.752. The van der Waals surface area contributed by atoms with Crippen molar-refractivity contribution in [1.29, 1.82) is 0 Å². The monoisotopic (exact) mass is 608 g/mol. The summed E-state index contributed by atoms with van der Waals surface area (Å²) in [6.07, 6.45) is 8.16. The molecule has 0 spiro atoms. The van der Waals surface area contributed by atoms with Crippen molar-refractivity contribution in [2.75, 3.05) is 40.4 Å². The van der Waals surface area contributed by atoms with Crippen LogP contribution in [0.25, 0.3) is 0 Å². The SMILES string of the molecule is CN1C=CN(CCOCCN2C=CN(C)[CH-]2)[CH-]1.[Br][Ag].[Br][Ag]. The summed E-state index contributed by atoms with van der Waals surface area (Å²) in [5, 5.41) is 0. The predicted octanol–water partition coefficient (Wildman–Crippen LogP) is 2.36. The van der Waals surface area contributed by atoms with Crippen LogP contribution >= 0.6 is 26.0 Å². The summed E-state index contributed by atoms with van der Waals surface area (Å²) in [5.41, 5.74) is 0. The molecule has 0 aromatic carbocycles. The minimum atomic E-state index is 0.752. The quantitative estimate of drug-likeness (QED) is 0.261. The third-order valence-electron chi connectivity index (χ3n) is 2.64. The standard InChI is InChI=1S/C12H20N4O.2Ag.2BrH/c1-13-3-5-15(11-13)7-9-17-10-8-16-6-4-14(2)12-16;;;;/h3-6,11-12H,7-10H2,1-2H3;;;2*1H/q-2;2*+1;;/p-2. The molecule has 132 valence electrons. The molecule has 0 fully saturated rings. The Kier molecular flexibility index (Phi) is 15.4. The average Bonchev–Trinajstić information content (AvgIpc) is 3.12. The van der Waals surface area contributed by atoms with Crippen molar-refractivity contribution in [3.63, 3.8) is 0 Å². The maximum atomic E-state index is 5.60. The molecule has 0 bridgehead atoms. The number of halogens is 2. The van der Waals surface area contributed by atoms with Crippen LogP contribution in [0, 0.1) is 13.3 Å². The third-order valence-corrected chi connectivity index (χ3v) is 2.64. The molecule has 0 aromatic heterocycles.